The van der Waals surface area contributed by atoms with Crippen molar-refractivity contribution in [3.63, 3.8) is 0 Å². The molecule has 0 atom stereocenters. The standard InChI is InChI=1S/C28H32O5S/c1-17-13-19(14-18(2)25(17)32-28(6,7)26(30)33-27(3,4)5)9-12-22(29)24-15-20-10-11-21(34-8)16-23(20)31-24/h9-16H,1-8H3/b12-9+. The molecule has 5 nitrogen and oxygen atoms in total. The fourth-order valence-corrected chi connectivity index (χ4v) is 3.88. The first-order valence-corrected chi connectivity index (χ1v) is 12.4. The van der Waals surface area contributed by atoms with Crippen LogP contribution in [0.5, 0.6) is 5.75 Å². The molecule has 0 N–H and O–H groups in total. The van der Waals surface area contributed by atoms with Crippen LogP contribution in [0.15, 0.2) is 51.8 Å². The summed E-state index contributed by atoms with van der Waals surface area (Å²) in [6, 6.07) is 11.5. The second kappa shape index (κ2) is 9.71. The van der Waals surface area contributed by atoms with Crippen LogP contribution in [0, 0.1) is 13.8 Å². The largest absolute Gasteiger partial charge is 0.476 e. The van der Waals surface area contributed by atoms with Crippen LogP contribution in [0.25, 0.3) is 17.0 Å². The number of ether oxygens (including phenoxy) is 2. The van der Waals surface area contributed by atoms with E-state index in [0.717, 1.165) is 27.0 Å². The lowest BCUT2D eigenvalue weighted by Crippen LogP contribution is -2.43. The minimum absolute atomic E-state index is 0.205. The Kier molecular flexibility index (Phi) is 7.32. The Balaban J connectivity index is 1.78. The summed E-state index contributed by atoms with van der Waals surface area (Å²) in [7, 11) is 0. The first kappa shape index (κ1) is 25.6. The number of allylic oxidation sites excluding steroid dienone is 1. The molecule has 180 valence electrons. The molecule has 0 aliphatic carbocycles. The minimum Gasteiger partial charge on any atom is -0.476 e. The van der Waals surface area contributed by atoms with Gasteiger partial charge in [0.2, 0.25) is 5.78 Å². The number of ketones is 1. The first-order valence-electron chi connectivity index (χ1n) is 11.1. The second-order valence-corrected chi connectivity index (χ2v) is 10.7. The normalized spacial score (nSPS) is 12.4. The highest BCUT2D eigenvalue weighted by molar-refractivity contribution is 7.98. The van der Waals surface area contributed by atoms with Crippen molar-refractivity contribution in [2.45, 2.75) is 64.6 Å². The van der Waals surface area contributed by atoms with E-state index in [1.54, 1.807) is 37.8 Å². The number of rotatable bonds is 7. The van der Waals surface area contributed by atoms with Gasteiger partial charge in [-0.15, -0.1) is 11.8 Å². The van der Waals surface area contributed by atoms with Crippen molar-refractivity contribution in [1.29, 1.82) is 0 Å². The maximum Gasteiger partial charge on any atom is 0.350 e. The second-order valence-electron chi connectivity index (χ2n) is 9.81. The highest BCUT2D eigenvalue weighted by atomic mass is 32.2. The molecule has 1 aromatic heterocycles. The number of esters is 1. The smallest absolute Gasteiger partial charge is 0.350 e. The molecule has 0 aliphatic heterocycles. The summed E-state index contributed by atoms with van der Waals surface area (Å²) in [6.45, 7) is 12.7. The number of hydrogen-bond donors (Lipinski definition) is 0. The molecular formula is C28H32O5S. The zero-order valence-electron chi connectivity index (χ0n) is 21.1. The maximum atomic E-state index is 12.7. The molecule has 0 amide bonds. The van der Waals surface area contributed by atoms with E-state index >= 15 is 0 Å². The average Bonchev–Trinajstić information content (AvgIpc) is 3.16. The number of carbonyl (C=O) groups is 2. The van der Waals surface area contributed by atoms with Gasteiger partial charge in [-0.3, -0.25) is 4.79 Å². The zero-order valence-corrected chi connectivity index (χ0v) is 21.9. The molecule has 0 fully saturated rings. The Labute approximate surface area is 205 Å². The summed E-state index contributed by atoms with van der Waals surface area (Å²) < 4.78 is 17.3. The lowest BCUT2D eigenvalue weighted by Gasteiger charge is -2.30. The van der Waals surface area contributed by atoms with Crippen molar-refractivity contribution >= 4 is 40.6 Å². The van der Waals surface area contributed by atoms with Crippen LogP contribution in [-0.4, -0.2) is 29.2 Å². The molecule has 0 saturated heterocycles. The van der Waals surface area contributed by atoms with Gasteiger partial charge in [-0.05, 0) is 114 Å². The van der Waals surface area contributed by atoms with Crippen molar-refractivity contribution in [3.8, 4) is 5.75 Å². The number of furan rings is 1. The molecule has 34 heavy (non-hydrogen) atoms. The van der Waals surface area contributed by atoms with Gasteiger partial charge in [-0.25, -0.2) is 4.79 Å². The summed E-state index contributed by atoms with van der Waals surface area (Å²) >= 11 is 1.62. The van der Waals surface area contributed by atoms with Gasteiger partial charge in [0.25, 0.3) is 0 Å². The number of benzene rings is 2. The lowest BCUT2D eigenvalue weighted by atomic mass is 10.0. The number of aryl methyl sites for hydroxylation is 2. The molecule has 6 heteroatoms. The van der Waals surface area contributed by atoms with Crippen molar-refractivity contribution < 1.29 is 23.5 Å². The van der Waals surface area contributed by atoms with Crippen LogP contribution in [0.3, 0.4) is 0 Å². The Morgan fingerprint density at radius 3 is 2.21 bits per heavy atom. The van der Waals surface area contributed by atoms with Gasteiger partial charge >= 0.3 is 5.97 Å². The lowest BCUT2D eigenvalue weighted by molar-refractivity contribution is -0.171. The molecule has 0 saturated carbocycles. The quantitative estimate of drug-likeness (QED) is 0.155. The van der Waals surface area contributed by atoms with Crippen LogP contribution in [0.2, 0.25) is 0 Å². The van der Waals surface area contributed by atoms with E-state index in [2.05, 4.69) is 0 Å². The fraction of sp³-hybridized carbons (Fsp3) is 0.357. The monoisotopic (exact) mass is 480 g/mol. The number of fused-ring (bicyclic) bond motifs is 1. The van der Waals surface area contributed by atoms with E-state index in [4.69, 9.17) is 13.9 Å². The zero-order chi connectivity index (χ0) is 25.3. The Morgan fingerprint density at radius 2 is 1.62 bits per heavy atom. The number of carbonyl (C=O) groups excluding carboxylic acids is 2. The van der Waals surface area contributed by atoms with E-state index in [-0.39, 0.29) is 5.78 Å². The predicted octanol–water partition coefficient (Wildman–Crippen LogP) is 7.17. The van der Waals surface area contributed by atoms with Crippen LogP contribution in [0.4, 0.5) is 0 Å². The predicted molar refractivity (Wildman–Crippen MR) is 138 cm³/mol. The summed E-state index contributed by atoms with van der Waals surface area (Å²) in [5.74, 6) is 0.297. The SMILES string of the molecule is CSc1ccc2cc(C(=O)/C=C/c3cc(C)c(OC(C)(C)C(=O)OC(C)(C)C)c(C)c3)oc2c1. The molecule has 0 aliphatic rings. The van der Waals surface area contributed by atoms with Gasteiger partial charge in [0, 0.05) is 10.3 Å². The summed E-state index contributed by atoms with van der Waals surface area (Å²) in [4.78, 5) is 26.4. The van der Waals surface area contributed by atoms with Gasteiger partial charge in [-0.1, -0.05) is 6.08 Å². The van der Waals surface area contributed by atoms with E-state index in [1.807, 2.05) is 71.2 Å². The fourth-order valence-electron chi connectivity index (χ4n) is 3.45. The number of hydrogen-bond acceptors (Lipinski definition) is 6. The van der Waals surface area contributed by atoms with E-state index in [1.165, 1.54) is 6.08 Å². The maximum absolute atomic E-state index is 12.7. The summed E-state index contributed by atoms with van der Waals surface area (Å²) in [5.41, 5.74) is 1.53. The van der Waals surface area contributed by atoms with Crippen molar-refractivity contribution in [2.75, 3.05) is 6.26 Å². The molecule has 0 bridgehead atoms. The van der Waals surface area contributed by atoms with Crippen LogP contribution >= 0.6 is 11.8 Å². The summed E-state index contributed by atoms with van der Waals surface area (Å²) in [5, 5.41) is 0.898. The molecule has 1 heterocycles. The van der Waals surface area contributed by atoms with Crippen LogP contribution in [0.1, 0.15) is 61.9 Å². The highest BCUT2D eigenvalue weighted by Gasteiger charge is 2.35. The molecule has 0 spiro atoms. The first-order chi connectivity index (χ1) is 15.8. The highest BCUT2D eigenvalue weighted by Crippen LogP contribution is 2.30. The van der Waals surface area contributed by atoms with Gasteiger partial charge in [-0.2, -0.15) is 0 Å². The third-order valence-electron chi connectivity index (χ3n) is 5.13. The molecular weight excluding hydrogens is 448 g/mol. The van der Waals surface area contributed by atoms with Crippen LogP contribution < -0.4 is 4.74 Å². The molecule has 3 rings (SSSR count). The Hall–Kier alpha value is -2.99. The van der Waals surface area contributed by atoms with Crippen molar-refractivity contribution in [1.82, 2.24) is 0 Å². The molecule has 0 unspecified atom stereocenters. The molecule has 2 aromatic carbocycles. The van der Waals surface area contributed by atoms with E-state index in [9.17, 15) is 9.59 Å². The van der Waals surface area contributed by atoms with E-state index < -0.39 is 17.2 Å². The topological polar surface area (TPSA) is 65.7 Å². The van der Waals surface area contributed by atoms with Gasteiger partial charge in [0.05, 0.1) is 0 Å². The molecule has 0 radical (unpaired) electrons. The van der Waals surface area contributed by atoms with Crippen molar-refractivity contribution in [2.24, 2.45) is 0 Å². The van der Waals surface area contributed by atoms with Crippen LogP contribution in [-0.2, 0) is 9.53 Å². The van der Waals surface area contributed by atoms with E-state index in [0.29, 0.717) is 17.1 Å². The van der Waals surface area contributed by atoms with Crippen molar-refractivity contribution in [3.05, 3.63) is 64.9 Å². The molecule has 3 aromatic rings. The average molecular weight is 481 g/mol. The van der Waals surface area contributed by atoms with Gasteiger partial charge < -0.3 is 13.9 Å². The summed E-state index contributed by atoms with van der Waals surface area (Å²) in [6.07, 6.45) is 5.26. The van der Waals surface area contributed by atoms with Gasteiger partial charge in [0.15, 0.2) is 11.4 Å². The minimum atomic E-state index is -1.15. The number of thioether (sulfide) groups is 1. The Bertz CT molecular complexity index is 1230. The van der Waals surface area contributed by atoms with Gasteiger partial charge in [0.1, 0.15) is 16.9 Å². The third kappa shape index (κ3) is 6.11. The third-order valence-corrected chi connectivity index (χ3v) is 5.85. The Morgan fingerprint density at radius 1 is 0.971 bits per heavy atom.